The van der Waals surface area contributed by atoms with Gasteiger partial charge in [-0.2, -0.15) is 0 Å². The van der Waals surface area contributed by atoms with Crippen molar-refractivity contribution in [2.75, 3.05) is 0 Å². The van der Waals surface area contributed by atoms with Gasteiger partial charge in [0.2, 0.25) is 0 Å². The van der Waals surface area contributed by atoms with Gasteiger partial charge in [-0.3, -0.25) is 5.84 Å². The number of nitrogens with two attached hydrogens (primary N) is 1. The van der Waals surface area contributed by atoms with Crippen molar-refractivity contribution in [2.24, 2.45) is 5.84 Å². The van der Waals surface area contributed by atoms with Crippen molar-refractivity contribution in [2.45, 2.75) is 13.0 Å². The Labute approximate surface area is 109 Å². The van der Waals surface area contributed by atoms with E-state index < -0.39 is 6.04 Å². The first-order valence-electron chi connectivity index (χ1n) is 5.88. The number of rotatable bonds is 3. The molecule has 5 heteroatoms. The van der Waals surface area contributed by atoms with Crippen molar-refractivity contribution in [1.82, 2.24) is 5.43 Å². The van der Waals surface area contributed by atoms with Crippen LogP contribution >= 0.6 is 0 Å². The molecule has 0 bridgehead atoms. The summed E-state index contributed by atoms with van der Waals surface area (Å²) < 4.78 is 24.3. The van der Waals surface area contributed by atoms with Crippen molar-refractivity contribution in [3.05, 3.63) is 59.5 Å². The number of furan rings is 2. The number of nitrogens with one attached hydrogen (secondary N) is 1. The van der Waals surface area contributed by atoms with Gasteiger partial charge >= 0.3 is 0 Å². The van der Waals surface area contributed by atoms with Crippen LogP contribution < -0.4 is 11.3 Å². The number of halogens is 1. The van der Waals surface area contributed by atoms with E-state index in [9.17, 15) is 4.39 Å². The minimum atomic E-state index is -0.398. The van der Waals surface area contributed by atoms with Gasteiger partial charge in [-0.15, -0.1) is 0 Å². The smallest absolute Gasteiger partial charge is 0.137 e. The number of fused-ring (bicyclic) bond motifs is 1. The molecule has 2 aromatic heterocycles. The van der Waals surface area contributed by atoms with E-state index in [0.717, 1.165) is 5.56 Å². The van der Waals surface area contributed by atoms with E-state index in [0.29, 0.717) is 22.5 Å². The fourth-order valence-electron chi connectivity index (χ4n) is 2.14. The number of hydrogen-bond donors (Lipinski definition) is 2. The molecule has 2 heterocycles. The summed E-state index contributed by atoms with van der Waals surface area (Å²) in [5.41, 5.74) is 4.24. The maximum absolute atomic E-state index is 13.2. The van der Waals surface area contributed by atoms with E-state index in [2.05, 4.69) is 5.43 Å². The summed E-state index contributed by atoms with van der Waals surface area (Å²) in [4.78, 5) is 0. The van der Waals surface area contributed by atoms with Gasteiger partial charge in [-0.05, 0) is 42.8 Å². The molecule has 0 amide bonds. The molecule has 3 rings (SSSR count). The summed E-state index contributed by atoms with van der Waals surface area (Å²) >= 11 is 0. The fraction of sp³-hybridized carbons (Fsp3) is 0.143. The second kappa shape index (κ2) is 4.53. The lowest BCUT2D eigenvalue weighted by atomic mass is 10.1. The molecule has 0 aliphatic carbocycles. The van der Waals surface area contributed by atoms with E-state index in [-0.39, 0.29) is 5.82 Å². The van der Waals surface area contributed by atoms with Crippen molar-refractivity contribution in [3.8, 4) is 0 Å². The van der Waals surface area contributed by atoms with Gasteiger partial charge in [0.15, 0.2) is 0 Å². The maximum Gasteiger partial charge on any atom is 0.137 e. The van der Waals surface area contributed by atoms with Gasteiger partial charge in [-0.1, -0.05) is 0 Å². The van der Waals surface area contributed by atoms with Crippen LogP contribution in [0.25, 0.3) is 11.0 Å². The van der Waals surface area contributed by atoms with Crippen LogP contribution in [0.5, 0.6) is 0 Å². The molecule has 0 saturated carbocycles. The zero-order valence-electron chi connectivity index (χ0n) is 10.3. The molecule has 1 unspecified atom stereocenters. The Morgan fingerprint density at radius 1 is 1.26 bits per heavy atom. The van der Waals surface area contributed by atoms with E-state index in [1.165, 1.54) is 12.1 Å². The Bertz CT molecular complexity index is 717. The molecule has 98 valence electrons. The second-order valence-corrected chi connectivity index (χ2v) is 4.40. The van der Waals surface area contributed by atoms with Crippen LogP contribution in [0.4, 0.5) is 4.39 Å². The molecule has 0 aliphatic rings. The molecule has 1 aromatic carbocycles. The van der Waals surface area contributed by atoms with E-state index in [4.69, 9.17) is 14.7 Å². The Morgan fingerprint density at radius 2 is 2.11 bits per heavy atom. The predicted octanol–water partition coefficient (Wildman–Crippen LogP) is 3.03. The average Bonchev–Trinajstić information content (AvgIpc) is 2.97. The first-order chi connectivity index (χ1) is 9.19. The van der Waals surface area contributed by atoms with Gasteiger partial charge < -0.3 is 8.83 Å². The van der Waals surface area contributed by atoms with Crippen LogP contribution in [0.1, 0.15) is 23.1 Å². The van der Waals surface area contributed by atoms with Gasteiger partial charge in [0.25, 0.3) is 0 Å². The summed E-state index contributed by atoms with van der Waals surface area (Å²) in [5, 5.41) is 0.694. The first-order valence-corrected chi connectivity index (χ1v) is 5.88. The predicted molar refractivity (Wildman–Crippen MR) is 68.8 cm³/mol. The maximum atomic E-state index is 13.2. The van der Waals surface area contributed by atoms with Crippen LogP contribution in [0.3, 0.4) is 0 Å². The monoisotopic (exact) mass is 260 g/mol. The Kier molecular flexibility index (Phi) is 2.85. The second-order valence-electron chi connectivity index (χ2n) is 4.40. The summed E-state index contributed by atoms with van der Waals surface area (Å²) in [5.74, 6) is 6.54. The normalized spacial score (nSPS) is 13.0. The van der Waals surface area contributed by atoms with E-state index >= 15 is 0 Å². The summed E-state index contributed by atoms with van der Waals surface area (Å²) in [7, 11) is 0. The molecular weight excluding hydrogens is 247 g/mol. The van der Waals surface area contributed by atoms with Crippen LogP contribution in [-0.4, -0.2) is 0 Å². The molecule has 19 heavy (non-hydrogen) atoms. The quantitative estimate of drug-likeness (QED) is 0.561. The standard InChI is InChI=1S/C14H13FN2O2/c1-8-4-5-18-14(8)13(17-16)12-7-9-6-10(15)2-3-11(9)19-12/h2-7,13,17H,16H2,1H3. The number of aryl methyl sites for hydroxylation is 1. The SMILES string of the molecule is Cc1ccoc1C(NN)c1cc2cc(F)ccc2o1. The largest absolute Gasteiger partial charge is 0.467 e. The van der Waals surface area contributed by atoms with Gasteiger partial charge in [0.1, 0.15) is 29.0 Å². The topological polar surface area (TPSA) is 64.3 Å². The molecule has 4 nitrogen and oxygen atoms in total. The Balaban J connectivity index is 2.09. The summed E-state index contributed by atoms with van der Waals surface area (Å²) in [6, 6.07) is 7.58. The number of hydrogen-bond acceptors (Lipinski definition) is 4. The van der Waals surface area contributed by atoms with Crippen LogP contribution in [0.15, 0.2) is 45.4 Å². The van der Waals surface area contributed by atoms with Crippen molar-refractivity contribution in [1.29, 1.82) is 0 Å². The minimum Gasteiger partial charge on any atom is -0.467 e. The Hall–Kier alpha value is -2.11. The number of benzene rings is 1. The van der Waals surface area contributed by atoms with Crippen molar-refractivity contribution >= 4 is 11.0 Å². The molecule has 0 radical (unpaired) electrons. The highest BCUT2D eigenvalue weighted by Crippen LogP contribution is 2.30. The molecule has 1 atom stereocenters. The van der Waals surface area contributed by atoms with Gasteiger partial charge in [0, 0.05) is 5.39 Å². The van der Waals surface area contributed by atoms with Gasteiger partial charge in [-0.25, -0.2) is 9.82 Å². The van der Waals surface area contributed by atoms with Crippen molar-refractivity contribution in [3.63, 3.8) is 0 Å². The molecule has 3 N–H and O–H groups in total. The van der Waals surface area contributed by atoms with E-state index in [1.54, 1.807) is 18.4 Å². The average molecular weight is 260 g/mol. The van der Waals surface area contributed by atoms with Crippen LogP contribution in [0.2, 0.25) is 0 Å². The first kappa shape index (κ1) is 12.0. The zero-order valence-corrected chi connectivity index (χ0v) is 10.3. The highest BCUT2D eigenvalue weighted by atomic mass is 19.1. The lowest BCUT2D eigenvalue weighted by molar-refractivity contribution is 0.401. The fourth-order valence-corrected chi connectivity index (χ4v) is 2.14. The third kappa shape index (κ3) is 2.03. The van der Waals surface area contributed by atoms with Gasteiger partial charge in [0.05, 0.1) is 6.26 Å². The summed E-state index contributed by atoms with van der Waals surface area (Å²) in [6.45, 7) is 1.92. The van der Waals surface area contributed by atoms with Crippen LogP contribution in [-0.2, 0) is 0 Å². The highest BCUT2D eigenvalue weighted by Gasteiger charge is 2.22. The van der Waals surface area contributed by atoms with Crippen LogP contribution in [0, 0.1) is 12.7 Å². The third-order valence-electron chi connectivity index (χ3n) is 3.11. The Morgan fingerprint density at radius 3 is 2.79 bits per heavy atom. The molecule has 0 spiro atoms. The molecule has 3 aromatic rings. The highest BCUT2D eigenvalue weighted by molar-refractivity contribution is 5.78. The minimum absolute atomic E-state index is 0.300. The molecular formula is C14H13FN2O2. The third-order valence-corrected chi connectivity index (χ3v) is 3.11. The lowest BCUT2D eigenvalue weighted by Crippen LogP contribution is -2.28. The van der Waals surface area contributed by atoms with E-state index in [1.807, 2.05) is 13.0 Å². The summed E-state index contributed by atoms with van der Waals surface area (Å²) in [6.07, 6.45) is 1.59. The zero-order chi connectivity index (χ0) is 13.4. The number of hydrazine groups is 1. The molecule has 0 fully saturated rings. The molecule has 0 aliphatic heterocycles. The van der Waals surface area contributed by atoms with Crippen molar-refractivity contribution < 1.29 is 13.2 Å². The molecule has 0 saturated heterocycles. The lowest BCUT2D eigenvalue weighted by Gasteiger charge is -2.11.